The molecule has 0 aliphatic carbocycles. The lowest BCUT2D eigenvalue weighted by Crippen LogP contribution is -2.39. The SMILES string of the molecule is C=CC(=O)N1CCCC(CC(=O)O)C1. The van der Waals surface area contributed by atoms with E-state index in [1.54, 1.807) is 4.90 Å². The number of carbonyl (C=O) groups excluding carboxylic acids is 1. The number of aliphatic carboxylic acids is 1. The molecule has 1 rings (SSSR count). The second-order valence-corrected chi connectivity index (χ2v) is 3.59. The molecule has 4 heteroatoms. The van der Waals surface area contributed by atoms with Gasteiger partial charge in [-0.2, -0.15) is 0 Å². The summed E-state index contributed by atoms with van der Waals surface area (Å²) < 4.78 is 0. The maximum atomic E-state index is 11.3. The van der Waals surface area contributed by atoms with E-state index in [2.05, 4.69) is 6.58 Å². The predicted octanol–water partition coefficient (Wildman–Crippen LogP) is 0.886. The first-order valence-corrected chi connectivity index (χ1v) is 4.76. The van der Waals surface area contributed by atoms with Gasteiger partial charge in [-0.25, -0.2) is 0 Å². The quantitative estimate of drug-likeness (QED) is 0.683. The van der Waals surface area contributed by atoms with Crippen molar-refractivity contribution in [2.24, 2.45) is 5.92 Å². The standard InChI is InChI=1S/C10H15NO3/c1-2-9(12)11-5-3-4-8(7-11)6-10(13)14/h2,8H,1,3-7H2,(H,13,14). The summed E-state index contributed by atoms with van der Waals surface area (Å²) >= 11 is 0. The van der Waals surface area contributed by atoms with Crippen molar-refractivity contribution in [3.8, 4) is 0 Å². The summed E-state index contributed by atoms with van der Waals surface area (Å²) in [7, 11) is 0. The molecule has 0 bridgehead atoms. The van der Waals surface area contributed by atoms with E-state index >= 15 is 0 Å². The summed E-state index contributed by atoms with van der Waals surface area (Å²) in [6, 6.07) is 0. The third kappa shape index (κ3) is 2.87. The molecular weight excluding hydrogens is 182 g/mol. The highest BCUT2D eigenvalue weighted by Crippen LogP contribution is 2.19. The molecule has 0 aromatic rings. The van der Waals surface area contributed by atoms with Gasteiger partial charge in [-0.3, -0.25) is 9.59 Å². The highest BCUT2D eigenvalue weighted by molar-refractivity contribution is 5.87. The summed E-state index contributed by atoms with van der Waals surface area (Å²) in [6.45, 7) is 4.69. The smallest absolute Gasteiger partial charge is 0.303 e. The highest BCUT2D eigenvalue weighted by atomic mass is 16.4. The molecule has 4 nitrogen and oxygen atoms in total. The zero-order valence-electron chi connectivity index (χ0n) is 8.11. The number of likely N-dealkylation sites (tertiary alicyclic amines) is 1. The number of hydrogen-bond acceptors (Lipinski definition) is 2. The zero-order chi connectivity index (χ0) is 10.6. The van der Waals surface area contributed by atoms with Gasteiger partial charge in [-0.15, -0.1) is 0 Å². The number of carbonyl (C=O) groups is 2. The second kappa shape index (κ2) is 4.79. The Bertz CT molecular complexity index is 250. The number of nitrogens with zero attached hydrogens (tertiary/aromatic N) is 1. The van der Waals surface area contributed by atoms with Crippen LogP contribution in [-0.2, 0) is 9.59 Å². The minimum atomic E-state index is -0.789. The maximum absolute atomic E-state index is 11.3. The topological polar surface area (TPSA) is 57.6 Å². The van der Waals surface area contributed by atoms with Gasteiger partial charge in [0.2, 0.25) is 5.91 Å². The fourth-order valence-electron chi connectivity index (χ4n) is 1.81. The van der Waals surface area contributed by atoms with E-state index in [0.29, 0.717) is 6.54 Å². The largest absolute Gasteiger partial charge is 0.481 e. The normalized spacial score (nSPS) is 21.7. The van der Waals surface area contributed by atoms with Crippen LogP contribution in [0.5, 0.6) is 0 Å². The van der Waals surface area contributed by atoms with Crippen LogP contribution in [0, 0.1) is 5.92 Å². The summed E-state index contributed by atoms with van der Waals surface area (Å²) in [5, 5.41) is 8.62. The van der Waals surface area contributed by atoms with Crippen LogP contribution in [0.2, 0.25) is 0 Å². The molecule has 78 valence electrons. The minimum Gasteiger partial charge on any atom is -0.481 e. The summed E-state index contributed by atoms with van der Waals surface area (Å²) in [4.78, 5) is 23.4. The maximum Gasteiger partial charge on any atom is 0.303 e. The van der Waals surface area contributed by atoms with Gasteiger partial charge >= 0.3 is 5.97 Å². The Labute approximate surface area is 83.2 Å². The van der Waals surface area contributed by atoms with Crippen LogP contribution in [0.25, 0.3) is 0 Å². The van der Waals surface area contributed by atoms with Crippen molar-refractivity contribution in [2.75, 3.05) is 13.1 Å². The average molecular weight is 197 g/mol. The van der Waals surface area contributed by atoms with Crippen molar-refractivity contribution in [3.63, 3.8) is 0 Å². The van der Waals surface area contributed by atoms with E-state index in [1.807, 2.05) is 0 Å². The molecule has 1 heterocycles. The van der Waals surface area contributed by atoms with Crippen molar-refractivity contribution in [1.82, 2.24) is 4.90 Å². The molecule has 1 N–H and O–H groups in total. The third-order valence-corrected chi connectivity index (χ3v) is 2.47. The van der Waals surface area contributed by atoms with Crippen LogP contribution in [-0.4, -0.2) is 35.0 Å². The van der Waals surface area contributed by atoms with Gasteiger partial charge < -0.3 is 10.0 Å². The number of hydrogen-bond donors (Lipinski definition) is 1. The Balaban J connectivity index is 2.47. The zero-order valence-corrected chi connectivity index (χ0v) is 8.11. The molecule has 0 radical (unpaired) electrons. The fraction of sp³-hybridized carbons (Fsp3) is 0.600. The lowest BCUT2D eigenvalue weighted by molar-refractivity contribution is -0.139. The van der Waals surface area contributed by atoms with Crippen LogP contribution in [0.15, 0.2) is 12.7 Å². The summed E-state index contributed by atoms with van der Waals surface area (Å²) in [5.41, 5.74) is 0. The Morgan fingerprint density at radius 3 is 2.86 bits per heavy atom. The first kappa shape index (κ1) is 10.8. The van der Waals surface area contributed by atoms with Crippen LogP contribution in [0.4, 0.5) is 0 Å². The van der Waals surface area contributed by atoms with Crippen molar-refractivity contribution < 1.29 is 14.7 Å². The van der Waals surface area contributed by atoms with Crippen molar-refractivity contribution in [1.29, 1.82) is 0 Å². The molecule has 14 heavy (non-hydrogen) atoms. The van der Waals surface area contributed by atoms with E-state index in [0.717, 1.165) is 19.4 Å². The van der Waals surface area contributed by atoms with E-state index in [9.17, 15) is 9.59 Å². The summed E-state index contributed by atoms with van der Waals surface area (Å²) in [5.74, 6) is -0.784. The Morgan fingerprint density at radius 1 is 1.57 bits per heavy atom. The van der Waals surface area contributed by atoms with Crippen LogP contribution < -0.4 is 0 Å². The average Bonchev–Trinajstić information content (AvgIpc) is 2.16. The first-order valence-electron chi connectivity index (χ1n) is 4.76. The molecule has 0 aromatic carbocycles. The summed E-state index contributed by atoms with van der Waals surface area (Å²) in [6.07, 6.45) is 3.22. The number of carboxylic acid groups (broad SMARTS) is 1. The van der Waals surface area contributed by atoms with Crippen LogP contribution in [0.3, 0.4) is 0 Å². The van der Waals surface area contributed by atoms with Crippen molar-refractivity contribution >= 4 is 11.9 Å². The van der Waals surface area contributed by atoms with Gasteiger partial charge in [-0.1, -0.05) is 6.58 Å². The molecule has 1 amide bonds. The van der Waals surface area contributed by atoms with Crippen LogP contribution >= 0.6 is 0 Å². The van der Waals surface area contributed by atoms with E-state index < -0.39 is 5.97 Å². The molecule has 0 saturated carbocycles. The molecule has 1 unspecified atom stereocenters. The Kier molecular flexibility index (Phi) is 3.68. The van der Waals surface area contributed by atoms with E-state index in [-0.39, 0.29) is 18.2 Å². The highest BCUT2D eigenvalue weighted by Gasteiger charge is 2.23. The van der Waals surface area contributed by atoms with E-state index in [4.69, 9.17) is 5.11 Å². The van der Waals surface area contributed by atoms with Gasteiger partial charge in [0, 0.05) is 19.5 Å². The number of rotatable bonds is 3. The molecular formula is C10H15NO3. The first-order chi connectivity index (χ1) is 6.63. The molecule has 0 aromatic heterocycles. The van der Waals surface area contributed by atoms with Crippen molar-refractivity contribution in [3.05, 3.63) is 12.7 Å². The van der Waals surface area contributed by atoms with E-state index in [1.165, 1.54) is 6.08 Å². The molecule has 1 fully saturated rings. The number of carboxylic acids is 1. The lowest BCUT2D eigenvalue weighted by Gasteiger charge is -2.31. The molecule has 1 saturated heterocycles. The van der Waals surface area contributed by atoms with Crippen LogP contribution in [0.1, 0.15) is 19.3 Å². The second-order valence-electron chi connectivity index (χ2n) is 3.59. The minimum absolute atomic E-state index is 0.0971. The molecule has 1 aliphatic rings. The van der Waals surface area contributed by atoms with Gasteiger partial charge in [0.15, 0.2) is 0 Å². The Hall–Kier alpha value is -1.32. The van der Waals surface area contributed by atoms with Gasteiger partial charge in [0.25, 0.3) is 0 Å². The number of piperidine rings is 1. The molecule has 0 spiro atoms. The van der Waals surface area contributed by atoms with Crippen molar-refractivity contribution in [2.45, 2.75) is 19.3 Å². The van der Waals surface area contributed by atoms with Gasteiger partial charge in [0.05, 0.1) is 0 Å². The molecule has 1 aliphatic heterocycles. The van der Waals surface area contributed by atoms with Gasteiger partial charge in [-0.05, 0) is 24.8 Å². The fourth-order valence-corrected chi connectivity index (χ4v) is 1.81. The number of amides is 1. The lowest BCUT2D eigenvalue weighted by atomic mass is 9.95. The predicted molar refractivity (Wildman–Crippen MR) is 51.8 cm³/mol. The van der Waals surface area contributed by atoms with Gasteiger partial charge in [0.1, 0.15) is 0 Å². The third-order valence-electron chi connectivity index (χ3n) is 2.47. The molecule has 1 atom stereocenters. The monoisotopic (exact) mass is 197 g/mol. The Morgan fingerprint density at radius 2 is 2.29 bits per heavy atom.